The average molecular weight is 396 g/mol. The van der Waals surface area contributed by atoms with Gasteiger partial charge in [0.15, 0.2) is 0 Å². The van der Waals surface area contributed by atoms with E-state index in [-0.39, 0.29) is 5.91 Å². The fourth-order valence-electron chi connectivity index (χ4n) is 2.88. The van der Waals surface area contributed by atoms with Crippen molar-refractivity contribution in [3.63, 3.8) is 0 Å². The standard InChI is InChI=1S/C21H15Cl2N3O/c22-16-11-9-15(10-12-16)19-20(26-13-5-4-8-17(26)24-19)25-21(27)18(23)14-6-2-1-3-7-14/h1-13,18H,(H,25,27). The summed E-state index contributed by atoms with van der Waals surface area (Å²) in [6, 6.07) is 22.2. The molecule has 4 aromatic rings. The van der Waals surface area contributed by atoms with E-state index in [1.165, 1.54) is 0 Å². The van der Waals surface area contributed by atoms with Gasteiger partial charge in [-0.2, -0.15) is 0 Å². The van der Waals surface area contributed by atoms with E-state index >= 15 is 0 Å². The first-order chi connectivity index (χ1) is 13.1. The van der Waals surface area contributed by atoms with Gasteiger partial charge in [-0.25, -0.2) is 4.98 Å². The molecule has 0 bridgehead atoms. The number of aromatic nitrogens is 2. The van der Waals surface area contributed by atoms with Gasteiger partial charge in [0.1, 0.15) is 22.5 Å². The van der Waals surface area contributed by atoms with Crippen molar-refractivity contribution < 1.29 is 4.79 Å². The minimum Gasteiger partial charge on any atom is -0.308 e. The number of pyridine rings is 1. The summed E-state index contributed by atoms with van der Waals surface area (Å²) >= 11 is 12.4. The van der Waals surface area contributed by atoms with Gasteiger partial charge in [-0.15, -0.1) is 11.6 Å². The van der Waals surface area contributed by atoms with Gasteiger partial charge in [-0.05, 0) is 29.8 Å². The molecule has 0 aliphatic carbocycles. The van der Waals surface area contributed by atoms with Crippen LogP contribution in [0.4, 0.5) is 5.82 Å². The quantitative estimate of drug-likeness (QED) is 0.458. The number of nitrogens with zero attached hydrogens (tertiary/aromatic N) is 2. The Bertz CT molecular complexity index is 1090. The van der Waals surface area contributed by atoms with Crippen LogP contribution in [0.5, 0.6) is 0 Å². The van der Waals surface area contributed by atoms with E-state index in [0.717, 1.165) is 16.8 Å². The zero-order valence-corrected chi connectivity index (χ0v) is 15.7. The minimum atomic E-state index is -0.807. The highest BCUT2D eigenvalue weighted by Gasteiger charge is 2.22. The second-order valence-electron chi connectivity index (χ2n) is 6.01. The highest BCUT2D eigenvalue weighted by Crippen LogP contribution is 2.31. The number of alkyl halides is 1. The molecule has 0 saturated heterocycles. The van der Waals surface area contributed by atoms with Gasteiger partial charge in [0.05, 0.1) is 0 Å². The lowest BCUT2D eigenvalue weighted by atomic mass is 10.1. The van der Waals surface area contributed by atoms with Gasteiger partial charge in [-0.3, -0.25) is 9.20 Å². The Balaban J connectivity index is 1.75. The summed E-state index contributed by atoms with van der Waals surface area (Å²) in [5.41, 5.74) is 2.97. The number of benzene rings is 2. The molecule has 0 aliphatic rings. The molecule has 2 aromatic heterocycles. The summed E-state index contributed by atoms with van der Waals surface area (Å²) in [5.74, 6) is 0.253. The number of halogens is 2. The molecule has 1 unspecified atom stereocenters. The number of carbonyl (C=O) groups is 1. The third-order valence-electron chi connectivity index (χ3n) is 4.21. The molecule has 1 N–H and O–H groups in total. The third kappa shape index (κ3) is 3.54. The number of fused-ring (bicyclic) bond motifs is 1. The molecule has 0 saturated carbocycles. The van der Waals surface area contributed by atoms with E-state index in [0.29, 0.717) is 16.5 Å². The maximum atomic E-state index is 12.8. The predicted octanol–water partition coefficient (Wildman–Crippen LogP) is 5.57. The minimum absolute atomic E-state index is 0.316. The first-order valence-electron chi connectivity index (χ1n) is 8.36. The van der Waals surface area contributed by atoms with Crippen LogP contribution in [0.2, 0.25) is 5.02 Å². The molecule has 4 rings (SSSR count). The fraction of sp³-hybridized carbons (Fsp3) is 0.0476. The molecule has 4 nitrogen and oxygen atoms in total. The number of hydrogen-bond acceptors (Lipinski definition) is 2. The van der Waals surface area contributed by atoms with Crippen molar-refractivity contribution in [2.75, 3.05) is 5.32 Å². The summed E-state index contributed by atoms with van der Waals surface area (Å²) in [6.07, 6.45) is 1.85. The summed E-state index contributed by atoms with van der Waals surface area (Å²) in [4.78, 5) is 17.4. The number of nitrogens with one attached hydrogen (secondary N) is 1. The summed E-state index contributed by atoms with van der Waals surface area (Å²) in [7, 11) is 0. The van der Waals surface area contributed by atoms with Crippen LogP contribution in [0, 0.1) is 0 Å². The molecule has 0 aliphatic heterocycles. The van der Waals surface area contributed by atoms with E-state index in [4.69, 9.17) is 23.2 Å². The molecular weight excluding hydrogens is 381 g/mol. The van der Waals surface area contributed by atoms with E-state index in [9.17, 15) is 4.79 Å². The van der Waals surface area contributed by atoms with Crippen molar-refractivity contribution in [3.8, 4) is 11.3 Å². The SMILES string of the molecule is O=C(Nc1c(-c2ccc(Cl)cc2)nc2ccccn12)C(Cl)c1ccccc1. The average Bonchev–Trinajstić information content (AvgIpc) is 3.07. The molecule has 2 heterocycles. The molecular formula is C21H15Cl2N3O. The van der Waals surface area contributed by atoms with Gasteiger partial charge in [0.25, 0.3) is 0 Å². The zero-order valence-electron chi connectivity index (χ0n) is 14.1. The van der Waals surface area contributed by atoms with Gasteiger partial charge in [0.2, 0.25) is 5.91 Å². The number of carbonyl (C=O) groups excluding carboxylic acids is 1. The van der Waals surface area contributed by atoms with Crippen LogP contribution in [0.15, 0.2) is 79.0 Å². The van der Waals surface area contributed by atoms with Crippen LogP contribution in [-0.2, 0) is 4.79 Å². The monoisotopic (exact) mass is 395 g/mol. The molecule has 0 fully saturated rings. The largest absolute Gasteiger partial charge is 0.308 e. The third-order valence-corrected chi connectivity index (χ3v) is 4.91. The van der Waals surface area contributed by atoms with Crippen molar-refractivity contribution in [2.24, 2.45) is 0 Å². The number of hydrogen-bond donors (Lipinski definition) is 1. The maximum absolute atomic E-state index is 12.8. The van der Waals surface area contributed by atoms with Gasteiger partial charge >= 0.3 is 0 Å². The van der Waals surface area contributed by atoms with Crippen molar-refractivity contribution in [1.82, 2.24) is 9.38 Å². The van der Waals surface area contributed by atoms with E-state index in [2.05, 4.69) is 10.3 Å². The second-order valence-corrected chi connectivity index (χ2v) is 6.88. The number of imidazole rings is 1. The molecule has 6 heteroatoms. The molecule has 0 radical (unpaired) electrons. The Hall–Kier alpha value is -2.82. The first kappa shape index (κ1) is 17.6. The van der Waals surface area contributed by atoms with E-state index in [1.807, 2.05) is 71.3 Å². The highest BCUT2D eigenvalue weighted by molar-refractivity contribution is 6.32. The van der Waals surface area contributed by atoms with Crippen molar-refractivity contribution in [1.29, 1.82) is 0 Å². The topological polar surface area (TPSA) is 46.4 Å². The number of amides is 1. The smallest absolute Gasteiger partial charge is 0.248 e. The maximum Gasteiger partial charge on any atom is 0.248 e. The molecule has 2 aromatic carbocycles. The van der Waals surface area contributed by atoms with Crippen LogP contribution in [-0.4, -0.2) is 15.3 Å². The summed E-state index contributed by atoms with van der Waals surface area (Å²) < 4.78 is 1.83. The van der Waals surface area contributed by atoms with Crippen molar-refractivity contribution in [3.05, 3.63) is 89.6 Å². The lowest BCUT2D eigenvalue weighted by Crippen LogP contribution is -2.18. The Morgan fingerprint density at radius 1 is 0.963 bits per heavy atom. The van der Waals surface area contributed by atoms with E-state index in [1.54, 1.807) is 12.1 Å². The molecule has 1 atom stereocenters. The van der Waals surface area contributed by atoms with Crippen LogP contribution >= 0.6 is 23.2 Å². The normalized spacial score (nSPS) is 12.1. The van der Waals surface area contributed by atoms with Crippen LogP contribution < -0.4 is 5.32 Å². The summed E-state index contributed by atoms with van der Waals surface area (Å²) in [5, 5.41) is 2.77. The zero-order chi connectivity index (χ0) is 18.8. The van der Waals surface area contributed by atoms with Gasteiger partial charge in [0, 0.05) is 16.8 Å². The lowest BCUT2D eigenvalue weighted by Gasteiger charge is -2.12. The highest BCUT2D eigenvalue weighted by atomic mass is 35.5. The number of rotatable bonds is 4. The second kappa shape index (κ2) is 7.43. The molecule has 27 heavy (non-hydrogen) atoms. The van der Waals surface area contributed by atoms with Crippen molar-refractivity contribution >= 4 is 40.6 Å². The molecule has 0 spiro atoms. The Kier molecular flexibility index (Phi) is 4.84. The summed E-state index contributed by atoms with van der Waals surface area (Å²) in [6.45, 7) is 0. The van der Waals surface area contributed by atoms with Gasteiger partial charge < -0.3 is 5.32 Å². The first-order valence-corrected chi connectivity index (χ1v) is 9.18. The predicted molar refractivity (Wildman–Crippen MR) is 109 cm³/mol. The van der Waals surface area contributed by atoms with Crippen molar-refractivity contribution in [2.45, 2.75) is 5.38 Å². The molecule has 134 valence electrons. The lowest BCUT2D eigenvalue weighted by molar-refractivity contribution is -0.116. The Morgan fingerprint density at radius 2 is 1.67 bits per heavy atom. The van der Waals surface area contributed by atoms with Gasteiger partial charge in [-0.1, -0.05) is 60.1 Å². The van der Waals surface area contributed by atoms with E-state index < -0.39 is 5.38 Å². The fourth-order valence-corrected chi connectivity index (χ4v) is 3.20. The molecule has 1 amide bonds. The van der Waals surface area contributed by atoms with Crippen LogP contribution in [0.3, 0.4) is 0 Å². The Morgan fingerprint density at radius 3 is 2.41 bits per heavy atom. The van der Waals surface area contributed by atoms with Crippen LogP contribution in [0.25, 0.3) is 16.9 Å². The Labute approximate surface area is 166 Å². The van der Waals surface area contributed by atoms with Crippen LogP contribution in [0.1, 0.15) is 10.9 Å². The number of anilines is 1.